The molecule has 0 aromatic carbocycles. The van der Waals surface area contributed by atoms with Crippen molar-refractivity contribution in [3.63, 3.8) is 0 Å². The Morgan fingerprint density at radius 1 is 1.53 bits per heavy atom. The minimum Gasteiger partial charge on any atom is -0.332 e. The Morgan fingerprint density at radius 3 is 3.00 bits per heavy atom. The van der Waals surface area contributed by atoms with E-state index in [0.717, 1.165) is 11.8 Å². The van der Waals surface area contributed by atoms with E-state index >= 15 is 0 Å². The van der Waals surface area contributed by atoms with E-state index in [1.807, 2.05) is 12.5 Å². The SMILES string of the molecule is CC(C)C(N)c1cncn1CC1CCCCS1. The number of imidazole rings is 1. The Balaban J connectivity index is 2.02. The molecule has 0 spiro atoms. The average molecular weight is 253 g/mol. The quantitative estimate of drug-likeness (QED) is 0.897. The molecular formula is C13H23N3S. The Hall–Kier alpha value is -0.480. The van der Waals surface area contributed by atoms with Crippen LogP contribution < -0.4 is 5.73 Å². The normalized spacial score (nSPS) is 22.9. The van der Waals surface area contributed by atoms with Crippen LogP contribution in [0.15, 0.2) is 12.5 Å². The fourth-order valence-electron chi connectivity index (χ4n) is 2.27. The van der Waals surface area contributed by atoms with Gasteiger partial charge in [0.25, 0.3) is 0 Å². The van der Waals surface area contributed by atoms with Gasteiger partial charge in [0, 0.05) is 24.0 Å². The lowest BCUT2D eigenvalue weighted by atomic mass is 10.0. The maximum atomic E-state index is 6.22. The standard InChI is InChI=1S/C13H23N3S/c1-10(2)13(14)12-7-15-9-16(12)8-11-5-3-4-6-17-11/h7,9-11,13H,3-6,8,14H2,1-2H3. The minimum atomic E-state index is 0.103. The molecular weight excluding hydrogens is 230 g/mol. The van der Waals surface area contributed by atoms with E-state index in [0.29, 0.717) is 5.92 Å². The molecule has 0 bridgehead atoms. The molecule has 17 heavy (non-hydrogen) atoms. The molecule has 2 N–H and O–H groups in total. The highest BCUT2D eigenvalue weighted by molar-refractivity contribution is 7.99. The van der Waals surface area contributed by atoms with Crippen LogP contribution in [0.1, 0.15) is 44.8 Å². The zero-order valence-corrected chi connectivity index (χ0v) is 11.6. The Labute approximate surface area is 108 Å². The Bertz CT molecular complexity index is 342. The summed E-state index contributed by atoms with van der Waals surface area (Å²) in [5, 5.41) is 0.746. The topological polar surface area (TPSA) is 43.8 Å². The van der Waals surface area contributed by atoms with Crippen LogP contribution in [-0.4, -0.2) is 20.6 Å². The molecule has 0 amide bonds. The van der Waals surface area contributed by atoms with Gasteiger partial charge >= 0.3 is 0 Å². The third-order valence-electron chi connectivity index (χ3n) is 3.48. The van der Waals surface area contributed by atoms with Crippen LogP contribution in [0.3, 0.4) is 0 Å². The lowest BCUT2D eigenvalue weighted by Crippen LogP contribution is -2.24. The zero-order valence-electron chi connectivity index (χ0n) is 10.8. The van der Waals surface area contributed by atoms with Crippen molar-refractivity contribution in [3.8, 4) is 0 Å². The first-order valence-corrected chi connectivity index (χ1v) is 7.60. The summed E-state index contributed by atoms with van der Waals surface area (Å²) in [6.45, 7) is 5.40. The maximum Gasteiger partial charge on any atom is 0.0949 e. The molecule has 2 unspecified atom stereocenters. The third kappa shape index (κ3) is 3.26. The summed E-state index contributed by atoms with van der Waals surface area (Å²) in [5.74, 6) is 1.77. The first kappa shape index (κ1) is 13.0. The molecule has 2 rings (SSSR count). The minimum absolute atomic E-state index is 0.103. The number of rotatable bonds is 4. The van der Waals surface area contributed by atoms with Crippen LogP contribution in [0.5, 0.6) is 0 Å². The fourth-order valence-corrected chi connectivity index (χ4v) is 3.58. The second kappa shape index (κ2) is 5.91. The molecule has 2 atom stereocenters. The van der Waals surface area contributed by atoms with E-state index in [9.17, 15) is 0 Å². The predicted molar refractivity (Wildman–Crippen MR) is 74.1 cm³/mol. The van der Waals surface area contributed by atoms with Crippen LogP contribution in [0.2, 0.25) is 0 Å². The van der Waals surface area contributed by atoms with Crippen molar-refractivity contribution in [2.24, 2.45) is 11.7 Å². The smallest absolute Gasteiger partial charge is 0.0949 e. The lowest BCUT2D eigenvalue weighted by molar-refractivity contribution is 0.470. The van der Waals surface area contributed by atoms with Crippen LogP contribution >= 0.6 is 11.8 Å². The molecule has 4 heteroatoms. The molecule has 1 aromatic rings. The van der Waals surface area contributed by atoms with E-state index in [-0.39, 0.29) is 6.04 Å². The van der Waals surface area contributed by atoms with Crippen molar-refractivity contribution in [2.45, 2.75) is 50.9 Å². The highest BCUT2D eigenvalue weighted by Gasteiger charge is 2.19. The van der Waals surface area contributed by atoms with Crippen molar-refractivity contribution >= 4 is 11.8 Å². The number of nitrogens with zero attached hydrogens (tertiary/aromatic N) is 2. The van der Waals surface area contributed by atoms with E-state index in [1.165, 1.54) is 30.7 Å². The zero-order chi connectivity index (χ0) is 12.3. The molecule has 0 radical (unpaired) electrons. The molecule has 1 aliphatic rings. The summed E-state index contributed by atoms with van der Waals surface area (Å²) < 4.78 is 2.26. The van der Waals surface area contributed by atoms with Gasteiger partial charge in [-0.1, -0.05) is 20.3 Å². The summed E-state index contributed by atoms with van der Waals surface area (Å²) in [4.78, 5) is 4.26. The van der Waals surface area contributed by atoms with Crippen molar-refractivity contribution in [1.82, 2.24) is 9.55 Å². The van der Waals surface area contributed by atoms with E-state index in [1.54, 1.807) is 0 Å². The monoisotopic (exact) mass is 253 g/mol. The third-order valence-corrected chi connectivity index (χ3v) is 4.86. The van der Waals surface area contributed by atoms with Crippen LogP contribution in [0.25, 0.3) is 0 Å². The van der Waals surface area contributed by atoms with Gasteiger partial charge in [-0.05, 0) is 24.5 Å². The molecule has 96 valence electrons. The molecule has 1 aliphatic heterocycles. The van der Waals surface area contributed by atoms with Gasteiger partial charge in [-0.2, -0.15) is 11.8 Å². The molecule has 1 fully saturated rings. The number of nitrogens with two attached hydrogens (primary N) is 1. The van der Waals surface area contributed by atoms with Crippen molar-refractivity contribution < 1.29 is 0 Å². The van der Waals surface area contributed by atoms with Crippen LogP contribution in [0.4, 0.5) is 0 Å². The highest BCUT2D eigenvalue weighted by Crippen LogP contribution is 2.27. The van der Waals surface area contributed by atoms with Gasteiger partial charge < -0.3 is 10.3 Å². The average Bonchev–Trinajstić information content (AvgIpc) is 2.77. The van der Waals surface area contributed by atoms with Gasteiger partial charge in [-0.3, -0.25) is 0 Å². The second-order valence-electron chi connectivity index (χ2n) is 5.23. The Kier molecular flexibility index (Phi) is 4.51. The molecule has 1 aromatic heterocycles. The number of aromatic nitrogens is 2. The Morgan fingerprint density at radius 2 is 2.35 bits per heavy atom. The van der Waals surface area contributed by atoms with E-state index in [2.05, 4.69) is 35.2 Å². The molecule has 0 aliphatic carbocycles. The summed E-state index contributed by atoms with van der Waals surface area (Å²) in [6.07, 6.45) is 7.95. The first-order chi connectivity index (χ1) is 8.18. The summed E-state index contributed by atoms with van der Waals surface area (Å²) in [5.41, 5.74) is 7.41. The predicted octanol–water partition coefficient (Wildman–Crippen LogP) is 2.82. The van der Waals surface area contributed by atoms with Crippen molar-refractivity contribution in [3.05, 3.63) is 18.2 Å². The van der Waals surface area contributed by atoms with Crippen molar-refractivity contribution in [1.29, 1.82) is 0 Å². The number of thioether (sulfide) groups is 1. The van der Waals surface area contributed by atoms with Gasteiger partial charge in [-0.15, -0.1) is 0 Å². The van der Waals surface area contributed by atoms with E-state index < -0.39 is 0 Å². The van der Waals surface area contributed by atoms with E-state index in [4.69, 9.17) is 5.73 Å². The number of hydrogen-bond donors (Lipinski definition) is 1. The fraction of sp³-hybridized carbons (Fsp3) is 0.769. The summed E-state index contributed by atoms with van der Waals surface area (Å²) in [7, 11) is 0. The maximum absolute atomic E-state index is 6.22. The second-order valence-corrected chi connectivity index (χ2v) is 6.64. The number of hydrogen-bond acceptors (Lipinski definition) is 3. The van der Waals surface area contributed by atoms with Crippen LogP contribution in [0, 0.1) is 5.92 Å². The summed E-state index contributed by atoms with van der Waals surface area (Å²) >= 11 is 2.10. The van der Waals surface area contributed by atoms with Gasteiger partial charge in [0.05, 0.1) is 12.0 Å². The van der Waals surface area contributed by atoms with Crippen LogP contribution in [-0.2, 0) is 6.54 Å². The van der Waals surface area contributed by atoms with Gasteiger partial charge in [0.1, 0.15) is 0 Å². The van der Waals surface area contributed by atoms with Gasteiger partial charge in [-0.25, -0.2) is 4.98 Å². The molecule has 2 heterocycles. The van der Waals surface area contributed by atoms with Gasteiger partial charge in [0.15, 0.2) is 0 Å². The lowest BCUT2D eigenvalue weighted by Gasteiger charge is -2.24. The first-order valence-electron chi connectivity index (χ1n) is 6.55. The molecule has 1 saturated heterocycles. The van der Waals surface area contributed by atoms with Crippen molar-refractivity contribution in [2.75, 3.05) is 5.75 Å². The van der Waals surface area contributed by atoms with Gasteiger partial charge in [0.2, 0.25) is 0 Å². The molecule has 3 nitrogen and oxygen atoms in total. The molecule has 0 saturated carbocycles. The summed E-state index contributed by atoms with van der Waals surface area (Å²) in [6, 6.07) is 0.103. The highest BCUT2D eigenvalue weighted by atomic mass is 32.2. The largest absolute Gasteiger partial charge is 0.332 e.